The van der Waals surface area contributed by atoms with Crippen molar-refractivity contribution < 1.29 is 19.4 Å². The van der Waals surface area contributed by atoms with Gasteiger partial charge in [-0.25, -0.2) is 4.79 Å². The number of ether oxygens (including phenoxy) is 1. The smallest absolute Gasteiger partial charge is 0.335 e. The van der Waals surface area contributed by atoms with Crippen LogP contribution >= 0.6 is 0 Å². The van der Waals surface area contributed by atoms with Crippen LogP contribution in [-0.4, -0.2) is 59.2 Å². The quantitative estimate of drug-likeness (QED) is 0.422. The van der Waals surface area contributed by atoms with E-state index in [-0.39, 0.29) is 17.6 Å². The average Bonchev–Trinajstić information content (AvgIpc) is 2.88. The zero-order valence-electron chi connectivity index (χ0n) is 20.6. The van der Waals surface area contributed by atoms with Crippen LogP contribution in [0.4, 0.5) is 0 Å². The number of nitrogens with zero attached hydrogens (tertiary/aromatic N) is 2. The largest absolute Gasteiger partial charge is 0.478 e. The Bertz CT molecular complexity index is 1230. The lowest BCUT2D eigenvalue weighted by molar-refractivity contribution is -0.0117. The van der Waals surface area contributed by atoms with Gasteiger partial charge in [-0.05, 0) is 66.4 Å². The van der Waals surface area contributed by atoms with Crippen LogP contribution in [0, 0.1) is 6.92 Å². The predicted molar refractivity (Wildman–Crippen MR) is 138 cm³/mol. The molecular weight excluding hydrogens is 456 g/mol. The van der Waals surface area contributed by atoms with E-state index in [0.29, 0.717) is 18.8 Å². The number of rotatable bonds is 9. The number of aryl methyl sites for hydroxylation is 1. The molecule has 1 saturated heterocycles. The van der Waals surface area contributed by atoms with Gasteiger partial charge in [0.15, 0.2) is 0 Å². The lowest BCUT2D eigenvalue weighted by Gasteiger charge is -2.36. The normalized spacial score (nSPS) is 17.0. The van der Waals surface area contributed by atoms with Gasteiger partial charge in [-0.3, -0.25) is 14.7 Å². The fourth-order valence-electron chi connectivity index (χ4n) is 4.53. The van der Waals surface area contributed by atoms with Gasteiger partial charge < -0.3 is 20.9 Å². The van der Waals surface area contributed by atoms with Crippen molar-refractivity contribution in [1.82, 2.24) is 15.2 Å². The van der Waals surface area contributed by atoms with Gasteiger partial charge >= 0.3 is 5.97 Å². The lowest BCUT2D eigenvalue weighted by atomic mass is 9.98. The van der Waals surface area contributed by atoms with Gasteiger partial charge in [-0.1, -0.05) is 18.2 Å². The molecule has 2 aromatic carbocycles. The van der Waals surface area contributed by atoms with Gasteiger partial charge in [0.1, 0.15) is 0 Å². The van der Waals surface area contributed by atoms with Crippen LogP contribution in [-0.2, 0) is 11.3 Å². The van der Waals surface area contributed by atoms with Gasteiger partial charge in [-0.15, -0.1) is 0 Å². The number of carboxylic acids is 1. The minimum atomic E-state index is -0.923. The number of morpholine rings is 1. The Morgan fingerprint density at radius 2 is 1.92 bits per heavy atom. The van der Waals surface area contributed by atoms with E-state index in [9.17, 15) is 9.59 Å². The van der Waals surface area contributed by atoms with Crippen LogP contribution < -0.4 is 11.1 Å². The van der Waals surface area contributed by atoms with Gasteiger partial charge in [0.25, 0.3) is 0 Å². The Morgan fingerprint density at radius 1 is 1.17 bits per heavy atom. The summed E-state index contributed by atoms with van der Waals surface area (Å²) in [5, 5.41) is 12.7. The molecule has 188 valence electrons. The maximum Gasteiger partial charge on any atom is 0.335 e. The number of carbonyl (C=O) groups excluding carboxylic acids is 1. The molecule has 8 heteroatoms. The van der Waals surface area contributed by atoms with E-state index in [1.807, 2.05) is 43.6 Å². The van der Waals surface area contributed by atoms with Crippen molar-refractivity contribution in [3.8, 4) is 11.1 Å². The first-order valence-corrected chi connectivity index (χ1v) is 12.0. The second-order valence-electron chi connectivity index (χ2n) is 9.23. The van der Waals surface area contributed by atoms with Gasteiger partial charge in [0.2, 0.25) is 5.91 Å². The first-order chi connectivity index (χ1) is 17.3. The molecule has 4 N–H and O–H groups in total. The van der Waals surface area contributed by atoms with Crippen molar-refractivity contribution in [2.75, 3.05) is 26.3 Å². The number of aromatic nitrogens is 1. The summed E-state index contributed by atoms with van der Waals surface area (Å²) in [6.45, 7) is 7.67. The van der Waals surface area contributed by atoms with Crippen LogP contribution in [0.5, 0.6) is 0 Å². The summed E-state index contributed by atoms with van der Waals surface area (Å²) in [5.74, 6) is -1.36. The molecular formula is C28H32N4O4. The first kappa shape index (κ1) is 25.5. The number of nitrogens with one attached hydrogen (secondary N) is 1. The Kier molecular flexibility index (Phi) is 8.10. The minimum absolute atomic E-state index is 0.0768. The molecule has 0 spiro atoms. The number of carboxylic acid groups (broad SMARTS) is 1. The van der Waals surface area contributed by atoms with Gasteiger partial charge in [-0.2, -0.15) is 0 Å². The Labute approximate surface area is 211 Å². The Morgan fingerprint density at radius 3 is 2.61 bits per heavy atom. The van der Waals surface area contributed by atoms with E-state index in [1.165, 1.54) is 0 Å². The summed E-state index contributed by atoms with van der Waals surface area (Å²) in [6, 6.07) is 14.9. The SMILES string of the molecule is Cc1cc(C(N)=O)ccc1-c1cncc(CN2CCOCC2CN[C@@H](C)c2ccc(C(=O)O)cc2)c1. The van der Waals surface area contributed by atoms with Crippen molar-refractivity contribution >= 4 is 11.9 Å². The highest BCUT2D eigenvalue weighted by atomic mass is 16.5. The second kappa shape index (κ2) is 11.4. The highest BCUT2D eigenvalue weighted by Crippen LogP contribution is 2.25. The molecule has 0 saturated carbocycles. The van der Waals surface area contributed by atoms with Crippen molar-refractivity contribution in [1.29, 1.82) is 0 Å². The van der Waals surface area contributed by atoms with Crippen LogP contribution in [0.1, 0.15) is 50.4 Å². The van der Waals surface area contributed by atoms with E-state index in [0.717, 1.165) is 47.5 Å². The summed E-state index contributed by atoms with van der Waals surface area (Å²) >= 11 is 0. The minimum Gasteiger partial charge on any atom is -0.478 e. The molecule has 0 aliphatic carbocycles. The third-order valence-electron chi connectivity index (χ3n) is 6.67. The van der Waals surface area contributed by atoms with Crippen LogP contribution in [0.2, 0.25) is 0 Å². The molecule has 8 nitrogen and oxygen atoms in total. The van der Waals surface area contributed by atoms with Crippen molar-refractivity contribution in [2.45, 2.75) is 32.5 Å². The average molecular weight is 489 g/mol. The van der Waals surface area contributed by atoms with Crippen molar-refractivity contribution in [3.63, 3.8) is 0 Å². The standard InChI is InChI=1S/C28H32N4O4/c1-18-11-23(27(29)33)7-8-26(18)24-12-20(13-30-14-24)16-32-9-10-36-17-25(32)15-31-19(2)21-3-5-22(6-4-21)28(34)35/h3-8,11-14,19,25,31H,9-10,15-17H2,1-2H3,(H2,29,33)(H,34,35)/t19-,25?/m0/s1. The monoisotopic (exact) mass is 488 g/mol. The third kappa shape index (κ3) is 6.15. The van der Waals surface area contributed by atoms with Crippen molar-refractivity contribution in [2.24, 2.45) is 5.73 Å². The van der Waals surface area contributed by atoms with Crippen molar-refractivity contribution in [3.05, 3.63) is 88.7 Å². The van der Waals surface area contributed by atoms with Gasteiger partial charge in [0.05, 0.1) is 18.8 Å². The number of pyridine rings is 1. The number of primary amides is 1. The number of hydrogen-bond acceptors (Lipinski definition) is 6. The highest BCUT2D eigenvalue weighted by Gasteiger charge is 2.24. The molecule has 1 amide bonds. The first-order valence-electron chi connectivity index (χ1n) is 12.0. The molecule has 1 unspecified atom stereocenters. The maximum absolute atomic E-state index is 11.5. The number of hydrogen-bond donors (Lipinski definition) is 3. The summed E-state index contributed by atoms with van der Waals surface area (Å²) in [5.41, 5.74) is 11.3. The molecule has 0 bridgehead atoms. The topological polar surface area (TPSA) is 118 Å². The molecule has 1 aliphatic rings. The van der Waals surface area contributed by atoms with E-state index in [1.54, 1.807) is 18.2 Å². The maximum atomic E-state index is 11.5. The summed E-state index contributed by atoms with van der Waals surface area (Å²) in [6.07, 6.45) is 3.73. The van der Waals surface area contributed by atoms with Crippen LogP contribution in [0.15, 0.2) is 60.9 Å². The lowest BCUT2D eigenvalue weighted by Crippen LogP contribution is -2.50. The summed E-state index contributed by atoms with van der Waals surface area (Å²) < 4.78 is 5.77. The van der Waals surface area contributed by atoms with Crippen LogP contribution in [0.3, 0.4) is 0 Å². The number of nitrogens with two attached hydrogens (primary N) is 1. The van der Waals surface area contributed by atoms with E-state index >= 15 is 0 Å². The fourth-order valence-corrected chi connectivity index (χ4v) is 4.53. The van der Waals surface area contributed by atoms with Gasteiger partial charge in [0, 0.05) is 55.2 Å². The molecule has 2 heterocycles. The molecule has 0 radical (unpaired) electrons. The molecule has 3 aromatic rings. The predicted octanol–water partition coefficient (Wildman–Crippen LogP) is 3.41. The Hall–Kier alpha value is -3.59. The molecule has 36 heavy (non-hydrogen) atoms. The number of aromatic carboxylic acids is 1. The summed E-state index contributed by atoms with van der Waals surface area (Å²) in [4.78, 5) is 29.5. The highest BCUT2D eigenvalue weighted by molar-refractivity contribution is 5.93. The molecule has 4 rings (SSSR count). The fraction of sp³-hybridized carbons (Fsp3) is 0.321. The van der Waals surface area contributed by atoms with E-state index in [4.69, 9.17) is 15.6 Å². The molecule has 2 atom stereocenters. The number of benzene rings is 2. The zero-order valence-corrected chi connectivity index (χ0v) is 20.6. The third-order valence-corrected chi connectivity index (χ3v) is 6.67. The molecule has 1 aliphatic heterocycles. The summed E-state index contributed by atoms with van der Waals surface area (Å²) in [7, 11) is 0. The second-order valence-corrected chi connectivity index (χ2v) is 9.23. The van der Waals surface area contributed by atoms with Crippen LogP contribution in [0.25, 0.3) is 11.1 Å². The molecule has 1 fully saturated rings. The Balaban J connectivity index is 1.42. The van der Waals surface area contributed by atoms with E-state index < -0.39 is 11.9 Å². The molecule has 1 aromatic heterocycles. The van der Waals surface area contributed by atoms with E-state index in [2.05, 4.69) is 28.2 Å². The zero-order chi connectivity index (χ0) is 25.7. The number of carbonyl (C=O) groups is 2. The number of amides is 1.